The number of anilines is 2. The van der Waals surface area contributed by atoms with Gasteiger partial charge in [0.15, 0.2) is 0 Å². The topological polar surface area (TPSA) is 96.0 Å². The molecule has 0 aliphatic carbocycles. The van der Waals surface area contributed by atoms with E-state index < -0.39 is 21.3 Å². The van der Waals surface area contributed by atoms with E-state index in [-0.39, 0.29) is 17.3 Å². The minimum Gasteiger partial charge on any atom is -0.495 e. The molecule has 0 unspecified atom stereocenters. The Morgan fingerprint density at radius 1 is 1.19 bits per heavy atom. The first-order valence-electron chi connectivity index (χ1n) is 9.73. The number of hydrogen-bond acceptors (Lipinski definition) is 5. The molecule has 8 nitrogen and oxygen atoms in total. The molecule has 0 radical (unpaired) electrons. The predicted molar refractivity (Wildman–Crippen MR) is 119 cm³/mol. The molecule has 1 aliphatic rings. The number of benzene rings is 2. The van der Waals surface area contributed by atoms with Crippen LogP contribution in [0.5, 0.6) is 5.75 Å². The van der Waals surface area contributed by atoms with Crippen LogP contribution in [0.1, 0.15) is 25.0 Å². The van der Waals surface area contributed by atoms with E-state index in [0.717, 1.165) is 9.87 Å². The van der Waals surface area contributed by atoms with Crippen molar-refractivity contribution >= 4 is 33.2 Å². The molecule has 0 aromatic heterocycles. The third-order valence-electron chi connectivity index (χ3n) is 5.55. The van der Waals surface area contributed by atoms with Crippen LogP contribution >= 0.6 is 0 Å². The highest BCUT2D eigenvalue weighted by molar-refractivity contribution is 7.89. The number of methoxy groups -OCH3 is 1. The van der Waals surface area contributed by atoms with Crippen LogP contribution in [-0.2, 0) is 25.0 Å². The van der Waals surface area contributed by atoms with Crippen molar-refractivity contribution in [2.75, 3.05) is 38.0 Å². The van der Waals surface area contributed by atoms with Gasteiger partial charge in [0.25, 0.3) is 0 Å². The lowest BCUT2D eigenvalue weighted by Crippen LogP contribution is -2.35. The molecule has 3 rings (SSSR count). The zero-order valence-corrected chi connectivity index (χ0v) is 19.3. The summed E-state index contributed by atoms with van der Waals surface area (Å²) in [5.41, 5.74) is 1.90. The molecule has 2 aromatic rings. The molecule has 0 saturated heterocycles. The summed E-state index contributed by atoms with van der Waals surface area (Å²) in [6.45, 7) is 5.03. The number of sulfonamides is 1. The number of carbonyl (C=O) groups is 2. The zero-order valence-electron chi connectivity index (χ0n) is 18.5. The second-order valence-corrected chi connectivity index (χ2v) is 10.2. The van der Waals surface area contributed by atoms with Crippen LogP contribution in [0.25, 0.3) is 0 Å². The maximum atomic E-state index is 13.1. The molecule has 0 bridgehead atoms. The van der Waals surface area contributed by atoms with E-state index >= 15 is 0 Å². The van der Waals surface area contributed by atoms with Crippen molar-refractivity contribution in [3.8, 4) is 5.75 Å². The zero-order chi connectivity index (χ0) is 23.1. The Balaban J connectivity index is 1.82. The van der Waals surface area contributed by atoms with Crippen molar-refractivity contribution < 1.29 is 22.7 Å². The number of hydrogen-bond donors (Lipinski definition) is 1. The fourth-order valence-electron chi connectivity index (χ4n) is 3.69. The standard InChI is InChI=1S/C22H27N3O5S/c1-14-7-10-19(30-6)17(11-14)23-20(26)13-24(4)31(28,29)15-8-9-18-16(12-15)22(2,3)21(27)25(18)5/h7-12H,13H2,1-6H3,(H,23,26). The summed E-state index contributed by atoms with van der Waals surface area (Å²) in [5.74, 6) is -0.109. The Kier molecular flexibility index (Phi) is 5.86. The number of amides is 2. The number of nitrogens with zero attached hydrogens (tertiary/aromatic N) is 2. The Hall–Kier alpha value is -2.91. The van der Waals surface area contributed by atoms with Crippen LogP contribution in [0.2, 0.25) is 0 Å². The van der Waals surface area contributed by atoms with Gasteiger partial charge in [0.2, 0.25) is 21.8 Å². The molecule has 0 fully saturated rings. The van der Waals surface area contributed by atoms with Crippen LogP contribution in [0.15, 0.2) is 41.3 Å². The van der Waals surface area contributed by atoms with E-state index in [4.69, 9.17) is 4.74 Å². The first kappa shape index (κ1) is 22.8. The van der Waals surface area contributed by atoms with Crippen molar-refractivity contribution in [2.45, 2.75) is 31.1 Å². The van der Waals surface area contributed by atoms with E-state index in [2.05, 4.69) is 5.32 Å². The van der Waals surface area contributed by atoms with Crippen molar-refractivity contribution in [1.82, 2.24) is 4.31 Å². The smallest absolute Gasteiger partial charge is 0.243 e. The van der Waals surface area contributed by atoms with E-state index in [0.29, 0.717) is 22.7 Å². The average Bonchev–Trinajstić information content (AvgIpc) is 2.88. The van der Waals surface area contributed by atoms with Gasteiger partial charge in [-0.1, -0.05) is 6.07 Å². The molecule has 1 N–H and O–H groups in total. The van der Waals surface area contributed by atoms with Crippen molar-refractivity contribution in [1.29, 1.82) is 0 Å². The minimum atomic E-state index is -3.95. The number of rotatable bonds is 6. The lowest BCUT2D eigenvalue weighted by molar-refractivity contribution is -0.121. The fourth-order valence-corrected chi connectivity index (χ4v) is 4.84. The summed E-state index contributed by atoms with van der Waals surface area (Å²) in [5, 5.41) is 2.70. The number of nitrogens with one attached hydrogen (secondary N) is 1. The lowest BCUT2D eigenvalue weighted by atomic mass is 9.86. The monoisotopic (exact) mass is 445 g/mol. The third-order valence-corrected chi connectivity index (χ3v) is 7.34. The van der Waals surface area contributed by atoms with Crippen LogP contribution in [0.3, 0.4) is 0 Å². The van der Waals surface area contributed by atoms with Gasteiger partial charge in [-0.05, 0) is 62.2 Å². The molecule has 0 saturated carbocycles. The number of carbonyl (C=O) groups excluding carboxylic acids is 2. The second-order valence-electron chi connectivity index (χ2n) is 8.18. The van der Waals surface area contributed by atoms with Gasteiger partial charge < -0.3 is 15.0 Å². The first-order chi connectivity index (χ1) is 14.4. The van der Waals surface area contributed by atoms with Gasteiger partial charge in [0, 0.05) is 19.8 Å². The minimum absolute atomic E-state index is 0.0332. The molecule has 0 spiro atoms. The fraction of sp³-hybridized carbons (Fsp3) is 0.364. The average molecular weight is 446 g/mol. The molecule has 1 heterocycles. The summed E-state index contributed by atoms with van der Waals surface area (Å²) in [4.78, 5) is 26.6. The molecule has 31 heavy (non-hydrogen) atoms. The Morgan fingerprint density at radius 3 is 2.52 bits per heavy atom. The maximum absolute atomic E-state index is 13.1. The van der Waals surface area contributed by atoms with Gasteiger partial charge in [-0.3, -0.25) is 9.59 Å². The lowest BCUT2D eigenvalue weighted by Gasteiger charge is -2.20. The summed E-state index contributed by atoms with van der Waals surface area (Å²) < 4.78 is 32.4. The summed E-state index contributed by atoms with van der Waals surface area (Å²) in [7, 11) is 0.561. The molecule has 1 aliphatic heterocycles. The largest absolute Gasteiger partial charge is 0.495 e. The van der Waals surface area contributed by atoms with Gasteiger partial charge in [-0.15, -0.1) is 0 Å². The van der Waals surface area contributed by atoms with Crippen molar-refractivity contribution in [3.63, 3.8) is 0 Å². The van der Waals surface area contributed by atoms with Crippen molar-refractivity contribution in [3.05, 3.63) is 47.5 Å². The van der Waals surface area contributed by atoms with Gasteiger partial charge in [0.05, 0.1) is 29.7 Å². The van der Waals surface area contributed by atoms with Crippen LogP contribution in [0, 0.1) is 6.92 Å². The van der Waals surface area contributed by atoms with E-state index in [1.807, 2.05) is 13.0 Å². The maximum Gasteiger partial charge on any atom is 0.243 e. The number of aryl methyl sites for hydroxylation is 1. The van der Waals surface area contributed by atoms with Gasteiger partial charge >= 0.3 is 0 Å². The second kappa shape index (κ2) is 7.97. The number of fused-ring (bicyclic) bond motifs is 1. The Morgan fingerprint density at radius 2 is 1.87 bits per heavy atom. The highest BCUT2D eigenvalue weighted by atomic mass is 32.2. The molecule has 9 heteroatoms. The molecule has 2 aromatic carbocycles. The summed E-state index contributed by atoms with van der Waals surface area (Å²) in [6.07, 6.45) is 0. The normalized spacial score (nSPS) is 15.2. The molecular formula is C22H27N3O5S. The SMILES string of the molecule is COc1ccc(C)cc1NC(=O)CN(C)S(=O)(=O)c1ccc2c(c1)C(C)(C)C(=O)N2C. The Bertz CT molecular complexity index is 1160. The van der Waals surface area contributed by atoms with E-state index in [1.165, 1.54) is 31.2 Å². The molecule has 2 amide bonds. The van der Waals surface area contributed by atoms with E-state index in [9.17, 15) is 18.0 Å². The Labute approximate surface area is 182 Å². The van der Waals surface area contributed by atoms with Gasteiger partial charge in [0.1, 0.15) is 5.75 Å². The van der Waals surface area contributed by atoms with Crippen LogP contribution in [-0.4, -0.2) is 52.3 Å². The highest BCUT2D eigenvalue weighted by Crippen LogP contribution is 2.41. The molecular weight excluding hydrogens is 418 g/mol. The summed E-state index contributed by atoms with van der Waals surface area (Å²) in [6, 6.07) is 9.93. The predicted octanol–water partition coefficient (Wildman–Crippen LogP) is 2.52. The first-order valence-corrected chi connectivity index (χ1v) is 11.2. The van der Waals surface area contributed by atoms with Crippen LogP contribution in [0.4, 0.5) is 11.4 Å². The number of ether oxygens (including phenoxy) is 1. The van der Waals surface area contributed by atoms with Gasteiger partial charge in [-0.2, -0.15) is 4.31 Å². The van der Waals surface area contributed by atoms with Gasteiger partial charge in [-0.25, -0.2) is 8.42 Å². The quantitative estimate of drug-likeness (QED) is 0.737. The third kappa shape index (κ3) is 4.03. The van der Waals surface area contributed by atoms with Crippen molar-refractivity contribution in [2.24, 2.45) is 0 Å². The number of likely N-dealkylation sites (N-methyl/N-ethyl adjacent to an activating group) is 2. The van der Waals surface area contributed by atoms with Crippen LogP contribution < -0.4 is 15.0 Å². The van der Waals surface area contributed by atoms with E-state index in [1.54, 1.807) is 39.1 Å². The molecule has 0 atom stereocenters. The highest BCUT2D eigenvalue weighted by Gasteiger charge is 2.43. The molecule has 166 valence electrons. The summed E-state index contributed by atoms with van der Waals surface area (Å²) >= 11 is 0.